The number of hydrogen-bond acceptors (Lipinski definition) is 5. The van der Waals surface area contributed by atoms with E-state index in [4.69, 9.17) is 11.6 Å². The zero-order valence-electron chi connectivity index (χ0n) is 15.5. The van der Waals surface area contributed by atoms with Gasteiger partial charge < -0.3 is 5.32 Å². The minimum Gasteiger partial charge on any atom is -0.324 e. The number of carbonyl (C=O) groups excluding carboxylic acids is 1. The van der Waals surface area contributed by atoms with Crippen molar-refractivity contribution in [2.45, 2.75) is 5.16 Å². The van der Waals surface area contributed by atoms with Crippen LogP contribution in [-0.2, 0) is 4.79 Å². The van der Waals surface area contributed by atoms with Crippen molar-refractivity contribution < 1.29 is 9.18 Å². The maximum absolute atomic E-state index is 13.2. The van der Waals surface area contributed by atoms with Gasteiger partial charge in [-0.2, -0.15) is 0 Å². The number of thioether (sulfide) groups is 1. The van der Waals surface area contributed by atoms with Crippen LogP contribution in [0.15, 0.2) is 78.2 Å². The lowest BCUT2D eigenvalue weighted by molar-refractivity contribution is -0.113. The molecule has 0 saturated carbocycles. The zero-order valence-corrected chi connectivity index (χ0v) is 17.1. The average Bonchev–Trinajstić information content (AvgIpc) is 3.19. The summed E-state index contributed by atoms with van der Waals surface area (Å²) in [4.78, 5) is 16.5. The number of pyridine rings is 1. The second-order valence-corrected chi connectivity index (χ2v) is 7.53. The van der Waals surface area contributed by atoms with Crippen molar-refractivity contribution in [2.24, 2.45) is 0 Å². The van der Waals surface area contributed by atoms with E-state index in [-0.39, 0.29) is 16.7 Å². The molecule has 1 amide bonds. The van der Waals surface area contributed by atoms with Gasteiger partial charge in [0, 0.05) is 23.6 Å². The molecule has 0 aliphatic carbocycles. The maximum Gasteiger partial charge on any atom is 0.234 e. The predicted molar refractivity (Wildman–Crippen MR) is 115 cm³/mol. The van der Waals surface area contributed by atoms with Crippen LogP contribution in [0.3, 0.4) is 0 Å². The van der Waals surface area contributed by atoms with E-state index in [1.807, 2.05) is 47.0 Å². The van der Waals surface area contributed by atoms with Crippen LogP contribution in [0.25, 0.3) is 17.1 Å². The highest BCUT2D eigenvalue weighted by molar-refractivity contribution is 7.99. The number of aromatic nitrogens is 4. The molecule has 1 N–H and O–H groups in total. The smallest absolute Gasteiger partial charge is 0.234 e. The Hall–Kier alpha value is -3.23. The first-order valence-corrected chi connectivity index (χ1v) is 10.3. The number of anilines is 1. The van der Waals surface area contributed by atoms with Crippen molar-refractivity contribution in [1.29, 1.82) is 0 Å². The predicted octanol–water partition coefficient (Wildman–Crippen LogP) is 4.85. The number of rotatable bonds is 6. The summed E-state index contributed by atoms with van der Waals surface area (Å²) in [6.45, 7) is 0. The molecule has 0 fully saturated rings. The summed E-state index contributed by atoms with van der Waals surface area (Å²) in [7, 11) is 0. The number of benzene rings is 2. The molecule has 0 unspecified atom stereocenters. The fourth-order valence-corrected chi connectivity index (χ4v) is 3.73. The molecule has 6 nitrogen and oxygen atoms in total. The number of hydrogen-bond donors (Lipinski definition) is 1. The summed E-state index contributed by atoms with van der Waals surface area (Å²) in [5, 5.41) is 11.9. The van der Waals surface area contributed by atoms with Crippen molar-refractivity contribution in [3.8, 4) is 17.1 Å². The molecule has 4 aromatic rings. The first-order valence-electron chi connectivity index (χ1n) is 8.91. The Morgan fingerprint density at radius 2 is 1.93 bits per heavy atom. The number of amides is 1. The molecule has 2 heterocycles. The molecule has 2 aromatic carbocycles. The van der Waals surface area contributed by atoms with E-state index in [2.05, 4.69) is 20.5 Å². The molecular formula is C21H15ClFN5OS. The molecule has 0 bridgehead atoms. The number of halogens is 2. The van der Waals surface area contributed by atoms with Gasteiger partial charge in [0.15, 0.2) is 11.0 Å². The Morgan fingerprint density at radius 3 is 2.67 bits per heavy atom. The lowest BCUT2D eigenvalue weighted by Crippen LogP contribution is -2.15. The molecule has 2 aromatic heterocycles. The normalized spacial score (nSPS) is 10.7. The van der Waals surface area contributed by atoms with Gasteiger partial charge in [-0.25, -0.2) is 4.39 Å². The van der Waals surface area contributed by atoms with E-state index >= 15 is 0 Å². The van der Waals surface area contributed by atoms with Gasteiger partial charge in [0.25, 0.3) is 0 Å². The summed E-state index contributed by atoms with van der Waals surface area (Å²) in [5.74, 6) is -0.0600. The maximum atomic E-state index is 13.2. The van der Waals surface area contributed by atoms with Gasteiger partial charge in [0.1, 0.15) is 5.82 Å². The first-order chi connectivity index (χ1) is 14.6. The van der Waals surface area contributed by atoms with Crippen molar-refractivity contribution >= 4 is 35.0 Å². The minimum atomic E-state index is -0.466. The zero-order chi connectivity index (χ0) is 20.9. The molecular weight excluding hydrogens is 425 g/mol. The number of nitrogens with one attached hydrogen (secondary N) is 1. The van der Waals surface area contributed by atoms with Crippen LogP contribution in [0.1, 0.15) is 0 Å². The summed E-state index contributed by atoms with van der Waals surface area (Å²) in [5.41, 5.74) is 2.03. The van der Waals surface area contributed by atoms with Crippen LogP contribution < -0.4 is 5.32 Å². The minimum absolute atomic E-state index is 0.0751. The summed E-state index contributed by atoms with van der Waals surface area (Å²) < 4.78 is 15.1. The highest BCUT2D eigenvalue weighted by atomic mass is 35.5. The third-order valence-corrected chi connectivity index (χ3v) is 5.35. The molecule has 0 spiro atoms. The highest BCUT2D eigenvalue weighted by Crippen LogP contribution is 2.28. The van der Waals surface area contributed by atoms with Gasteiger partial charge in [-0.3, -0.25) is 14.3 Å². The SMILES string of the molecule is O=C(CSc1nnc(-c2cccnc2)n1-c1ccccc1)Nc1ccc(F)cc1Cl. The van der Waals surface area contributed by atoms with Gasteiger partial charge in [0.05, 0.1) is 16.5 Å². The molecule has 30 heavy (non-hydrogen) atoms. The molecule has 0 saturated heterocycles. The van der Waals surface area contributed by atoms with Crippen LogP contribution in [0.2, 0.25) is 5.02 Å². The van der Waals surface area contributed by atoms with Crippen LogP contribution in [0, 0.1) is 5.82 Å². The van der Waals surface area contributed by atoms with E-state index in [0.29, 0.717) is 16.7 Å². The molecule has 0 aliphatic rings. The lowest BCUT2D eigenvalue weighted by Gasteiger charge is -2.10. The summed E-state index contributed by atoms with van der Waals surface area (Å²) in [6, 6.07) is 17.2. The fraction of sp³-hybridized carbons (Fsp3) is 0.0476. The number of carbonyl (C=O) groups is 1. The van der Waals surface area contributed by atoms with Crippen molar-refractivity contribution in [3.63, 3.8) is 0 Å². The number of nitrogens with zero attached hydrogens (tertiary/aromatic N) is 4. The van der Waals surface area contributed by atoms with Gasteiger partial charge in [-0.15, -0.1) is 10.2 Å². The first kappa shape index (κ1) is 20.1. The van der Waals surface area contributed by atoms with Gasteiger partial charge in [-0.05, 0) is 42.5 Å². The van der Waals surface area contributed by atoms with E-state index in [1.54, 1.807) is 12.4 Å². The molecule has 150 valence electrons. The third kappa shape index (κ3) is 4.50. The molecule has 4 rings (SSSR count). The van der Waals surface area contributed by atoms with Crippen LogP contribution in [-0.4, -0.2) is 31.4 Å². The monoisotopic (exact) mass is 439 g/mol. The van der Waals surface area contributed by atoms with Crippen LogP contribution >= 0.6 is 23.4 Å². The van der Waals surface area contributed by atoms with Crippen molar-refractivity contribution in [1.82, 2.24) is 19.7 Å². The standard InChI is InChI=1S/C21H15ClFN5OS/c22-17-11-15(23)8-9-18(17)25-19(29)13-30-21-27-26-20(14-5-4-10-24-12-14)28(21)16-6-2-1-3-7-16/h1-12H,13H2,(H,25,29). The Kier molecular flexibility index (Phi) is 6.06. The Labute approximate surface area is 181 Å². The molecule has 9 heteroatoms. The molecule has 0 atom stereocenters. The van der Waals surface area contributed by atoms with Gasteiger partial charge in [0.2, 0.25) is 5.91 Å². The molecule has 0 radical (unpaired) electrons. The van der Waals surface area contributed by atoms with Gasteiger partial charge >= 0.3 is 0 Å². The Morgan fingerprint density at radius 1 is 1.10 bits per heavy atom. The third-order valence-electron chi connectivity index (χ3n) is 4.11. The van der Waals surface area contributed by atoms with Crippen LogP contribution in [0.5, 0.6) is 0 Å². The molecule has 0 aliphatic heterocycles. The van der Waals surface area contributed by atoms with Crippen molar-refractivity contribution in [2.75, 3.05) is 11.1 Å². The van der Waals surface area contributed by atoms with E-state index in [9.17, 15) is 9.18 Å². The van der Waals surface area contributed by atoms with Gasteiger partial charge in [-0.1, -0.05) is 41.6 Å². The summed E-state index contributed by atoms with van der Waals surface area (Å²) >= 11 is 7.21. The fourth-order valence-electron chi connectivity index (χ4n) is 2.76. The lowest BCUT2D eigenvalue weighted by atomic mass is 10.2. The summed E-state index contributed by atoms with van der Waals surface area (Å²) in [6.07, 6.45) is 3.40. The largest absolute Gasteiger partial charge is 0.324 e. The van der Waals surface area contributed by atoms with E-state index in [1.165, 1.54) is 23.9 Å². The van der Waals surface area contributed by atoms with Crippen molar-refractivity contribution in [3.05, 3.63) is 83.9 Å². The second kappa shape index (κ2) is 9.06. The van der Waals surface area contributed by atoms with Crippen LogP contribution in [0.4, 0.5) is 10.1 Å². The second-order valence-electron chi connectivity index (χ2n) is 6.18. The number of para-hydroxylation sites is 1. The average molecular weight is 440 g/mol. The van der Waals surface area contributed by atoms with E-state index < -0.39 is 5.82 Å². The Bertz CT molecular complexity index is 1170. The van der Waals surface area contributed by atoms with E-state index in [0.717, 1.165) is 17.3 Å². The topological polar surface area (TPSA) is 72.7 Å². The quantitative estimate of drug-likeness (QED) is 0.435. The Balaban J connectivity index is 1.57. The highest BCUT2D eigenvalue weighted by Gasteiger charge is 2.17.